The van der Waals surface area contributed by atoms with E-state index >= 15 is 0 Å². The molecule has 0 saturated heterocycles. The summed E-state index contributed by atoms with van der Waals surface area (Å²) in [4.78, 5) is 34.3. The van der Waals surface area contributed by atoms with Gasteiger partial charge in [-0.15, -0.1) is 0 Å². The van der Waals surface area contributed by atoms with Gasteiger partial charge in [-0.25, -0.2) is 0 Å². The van der Waals surface area contributed by atoms with E-state index in [1.54, 1.807) is 0 Å². The van der Waals surface area contributed by atoms with Crippen molar-refractivity contribution in [2.45, 2.75) is 0 Å². The first kappa shape index (κ1) is 36.4. The molecule has 0 bridgehead atoms. The smallest absolute Gasteiger partial charge is 0.894 e. The molecule has 1 unspecified atom stereocenters. The molecule has 0 N–H and O–H groups in total. The van der Waals surface area contributed by atoms with E-state index in [0.717, 1.165) is 0 Å². The first-order valence-corrected chi connectivity index (χ1v) is 2.45. The van der Waals surface area contributed by atoms with Gasteiger partial charge in [0.2, 0.25) is 0 Å². The van der Waals surface area contributed by atoms with Crippen molar-refractivity contribution >= 4 is 129 Å². The van der Waals surface area contributed by atoms with Crippen molar-refractivity contribution in [1.82, 2.24) is 0 Å². The zero-order chi connectivity index (χ0) is 4.50. The van der Waals surface area contributed by atoms with E-state index in [1.807, 2.05) is 0 Å². The van der Waals surface area contributed by atoms with Crippen LogP contribution in [0.5, 0.6) is 0 Å². The maximum Gasteiger partial charge on any atom is 2.00 e. The van der Waals surface area contributed by atoms with Crippen molar-refractivity contribution in [2.24, 2.45) is 0 Å². The monoisotopic (exact) mass is 392 g/mol. The molecule has 0 rings (SSSR count). The summed E-state index contributed by atoms with van der Waals surface area (Å²) in [5.41, 5.74) is 0. The second-order valence-corrected chi connectivity index (χ2v) is 1.50. The minimum absolute atomic E-state index is 0. The topological polar surface area (TPSA) is 92.2 Å². The molecule has 0 fully saturated rings. The summed E-state index contributed by atoms with van der Waals surface area (Å²) in [6, 6.07) is 0. The van der Waals surface area contributed by atoms with Crippen LogP contribution in [0.15, 0.2) is 0 Å². The number of hydrogen-bond donors (Lipinski definition) is 0. The van der Waals surface area contributed by atoms with Gasteiger partial charge in [0.25, 0.3) is 0 Å². The van der Waals surface area contributed by atoms with Gasteiger partial charge in [-0.1, -0.05) is 0 Å². The average Bonchev–Trinajstić information content (AvgIpc) is 0.722. The fourth-order valence-electron chi connectivity index (χ4n) is 0. The van der Waals surface area contributed by atoms with Gasteiger partial charge < -0.3 is 28.2 Å². The van der Waals surface area contributed by atoms with E-state index in [-0.39, 0.29) is 139 Å². The van der Waals surface area contributed by atoms with Crippen molar-refractivity contribution in [3.05, 3.63) is 0 Å². The van der Waals surface area contributed by atoms with Crippen LogP contribution in [0, 0.1) is 0 Å². The first-order valence-electron chi connectivity index (χ1n) is 0.816. The molecule has 0 saturated carbocycles. The van der Waals surface area contributed by atoms with Crippen molar-refractivity contribution in [3.8, 4) is 0 Å². The van der Waals surface area contributed by atoms with Gasteiger partial charge in [-0.3, -0.25) is 0 Å². The van der Waals surface area contributed by atoms with Crippen LogP contribution in [0.2, 0.25) is 0 Å². The number of hydrogen-bond acceptors (Lipinski definition) is 4. The summed E-state index contributed by atoms with van der Waals surface area (Å²) in [5.74, 6) is 0. The minimum atomic E-state index is -5.61. The Morgan fingerprint density at radius 2 is 0.900 bits per heavy atom. The van der Waals surface area contributed by atoms with Crippen LogP contribution < -0.4 is 19.2 Å². The average molecular weight is 393 g/mol. The molecule has 40 valence electrons. The Balaban J connectivity index is -0.00000000800. The van der Waals surface area contributed by atoms with Crippen LogP contribution in [-0.2, 0) is 19.5 Å². The van der Waals surface area contributed by atoms with E-state index in [9.17, 15) is 0 Å². The van der Waals surface area contributed by atoms with Crippen LogP contribution in [0.3, 0.4) is 0 Å². The predicted molar refractivity (Wildman–Crippen MR) is 34.1 cm³/mol. The zero-order valence-corrected chi connectivity index (χ0v) is 19.1. The van der Waals surface area contributed by atoms with Crippen LogP contribution in [0.4, 0.5) is 0 Å². The molecule has 0 spiro atoms. The summed E-state index contributed by atoms with van der Waals surface area (Å²) in [6.07, 6.45) is 0. The second kappa shape index (κ2) is 19.3. The second-order valence-electron chi connectivity index (χ2n) is 0.500. The normalized spacial score (nSPS) is 6.00. The largest absolute Gasteiger partial charge is 2.00 e. The van der Waals surface area contributed by atoms with E-state index < -0.39 is 9.05 Å². The molecular formula is H3BaCaMgO4PSiZn+4. The number of rotatable bonds is 0. The van der Waals surface area contributed by atoms with Crippen LogP contribution in [0.1, 0.15) is 0 Å². The van der Waals surface area contributed by atoms with Gasteiger partial charge >= 0.3 is 129 Å². The molecule has 0 amide bonds. The third-order valence-corrected chi connectivity index (χ3v) is 0. The Morgan fingerprint density at radius 1 is 0.900 bits per heavy atom. The van der Waals surface area contributed by atoms with Crippen molar-refractivity contribution < 1.29 is 38.7 Å². The molecule has 0 aliphatic carbocycles. The Kier molecular flexibility index (Phi) is 70.4. The molecular weight excluding hydrogens is 390 g/mol. The Labute approximate surface area is 163 Å². The van der Waals surface area contributed by atoms with Crippen LogP contribution >= 0.6 is 9.90 Å². The Morgan fingerprint density at radius 3 is 0.900 bits per heavy atom. The third-order valence-electron chi connectivity index (χ3n) is 0. The van der Waals surface area contributed by atoms with Gasteiger partial charge in [-0.05, 0) is 0 Å². The SMILES string of the molecule is P.[Ba+2].[Ca+2].[Mg+2].[O-][Si]([O-])([O-])[O-].[Zn+2]. The Hall–Kier alpha value is 4.71. The van der Waals surface area contributed by atoms with E-state index in [4.69, 9.17) is 19.2 Å². The molecule has 1 atom stereocenters. The van der Waals surface area contributed by atoms with Crippen molar-refractivity contribution in [3.63, 3.8) is 0 Å². The quantitative estimate of drug-likeness (QED) is 0.303. The standard InChI is InChI=1S/Ba.Ca.Mg.O4Si.H3P.Zn/c;;;1-5(2,3)4;;/h;;;;1H3;/q3*+2;-4;;+2. The molecule has 0 aromatic rings. The fourth-order valence-corrected chi connectivity index (χ4v) is 0. The molecule has 4 nitrogen and oxygen atoms in total. The van der Waals surface area contributed by atoms with Gasteiger partial charge in [-0.2, -0.15) is 9.90 Å². The van der Waals surface area contributed by atoms with E-state index in [2.05, 4.69) is 0 Å². The summed E-state index contributed by atoms with van der Waals surface area (Å²) in [5, 5.41) is 0. The zero-order valence-electron chi connectivity index (χ0n) is 5.67. The molecule has 0 aliphatic rings. The molecule has 0 aliphatic heterocycles. The maximum absolute atomic E-state index is 8.58. The summed E-state index contributed by atoms with van der Waals surface area (Å²) in [6.45, 7) is 0. The molecule has 0 heterocycles. The molecule has 10 heavy (non-hydrogen) atoms. The minimum Gasteiger partial charge on any atom is -0.894 e. The maximum atomic E-state index is 8.58. The van der Waals surface area contributed by atoms with Gasteiger partial charge in [0.15, 0.2) is 0 Å². The predicted octanol–water partition coefficient (Wildman–Crippen LogP) is -6.22. The molecule has 10 heteroatoms. The van der Waals surface area contributed by atoms with Gasteiger partial charge in [0.05, 0.1) is 0 Å². The molecule has 0 aromatic carbocycles. The van der Waals surface area contributed by atoms with Crippen LogP contribution in [0.25, 0.3) is 0 Å². The summed E-state index contributed by atoms with van der Waals surface area (Å²) < 4.78 is 0. The third kappa shape index (κ3) is 78.6. The van der Waals surface area contributed by atoms with Crippen molar-refractivity contribution in [1.29, 1.82) is 0 Å². The van der Waals surface area contributed by atoms with Crippen LogP contribution in [-0.4, -0.2) is 119 Å². The first-order chi connectivity index (χ1) is 2.00. The molecule has 0 radical (unpaired) electrons. The van der Waals surface area contributed by atoms with Gasteiger partial charge in [0, 0.05) is 0 Å². The van der Waals surface area contributed by atoms with Gasteiger partial charge in [0.1, 0.15) is 0 Å². The Bertz CT molecular complexity index is 40.7. The fraction of sp³-hybridized carbons (Fsp3) is 0. The van der Waals surface area contributed by atoms with E-state index in [0.29, 0.717) is 0 Å². The van der Waals surface area contributed by atoms with E-state index in [1.165, 1.54) is 0 Å². The summed E-state index contributed by atoms with van der Waals surface area (Å²) in [7, 11) is -5.61. The summed E-state index contributed by atoms with van der Waals surface area (Å²) >= 11 is 0. The molecule has 0 aromatic heterocycles. The van der Waals surface area contributed by atoms with Crippen molar-refractivity contribution in [2.75, 3.05) is 0 Å².